The van der Waals surface area contributed by atoms with Crippen LogP contribution in [0.15, 0.2) is 24.3 Å². The lowest BCUT2D eigenvalue weighted by atomic mass is 9.95. The molecular formula is C17H25NO. The van der Waals surface area contributed by atoms with E-state index in [1.165, 1.54) is 37.7 Å². The third-order valence-electron chi connectivity index (χ3n) is 4.06. The molecule has 1 saturated carbocycles. The molecule has 2 rings (SSSR count). The fourth-order valence-corrected chi connectivity index (χ4v) is 2.70. The van der Waals surface area contributed by atoms with Crippen molar-refractivity contribution < 1.29 is 4.79 Å². The first-order valence-corrected chi connectivity index (χ1v) is 7.53. The Morgan fingerprint density at radius 3 is 2.37 bits per heavy atom. The van der Waals surface area contributed by atoms with Gasteiger partial charge in [0, 0.05) is 11.6 Å². The minimum Gasteiger partial charge on any atom is -0.307 e. The zero-order valence-electron chi connectivity index (χ0n) is 12.1. The molecule has 104 valence electrons. The van der Waals surface area contributed by atoms with Gasteiger partial charge in [-0.2, -0.15) is 0 Å². The fraction of sp³-hybridized carbons (Fsp3) is 0.588. The Bertz CT molecular complexity index is 402. The lowest BCUT2D eigenvalue weighted by Crippen LogP contribution is -2.35. The molecule has 2 heteroatoms. The van der Waals surface area contributed by atoms with Crippen molar-refractivity contribution in [2.45, 2.75) is 57.9 Å². The van der Waals surface area contributed by atoms with E-state index >= 15 is 0 Å². The van der Waals surface area contributed by atoms with E-state index in [1.807, 2.05) is 12.1 Å². The third-order valence-corrected chi connectivity index (χ3v) is 4.06. The van der Waals surface area contributed by atoms with Crippen LogP contribution in [0.3, 0.4) is 0 Å². The maximum atomic E-state index is 12.1. The number of benzene rings is 1. The summed E-state index contributed by atoms with van der Waals surface area (Å²) < 4.78 is 0. The predicted octanol–water partition coefficient (Wildman–Crippen LogP) is 3.92. The number of ketones is 1. The molecule has 1 N–H and O–H groups in total. The van der Waals surface area contributed by atoms with Gasteiger partial charge in [-0.05, 0) is 24.3 Å². The van der Waals surface area contributed by atoms with Crippen LogP contribution in [0, 0.1) is 0 Å². The van der Waals surface area contributed by atoms with Gasteiger partial charge in [0.05, 0.1) is 6.54 Å². The molecule has 0 saturated heterocycles. The number of carbonyl (C=O) groups is 1. The van der Waals surface area contributed by atoms with E-state index in [4.69, 9.17) is 0 Å². The molecule has 1 aliphatic rings. The normalized spacial score (nSPS) is 16.8. The average Bonchev–Trinajstić information content (AvgIpc) is 2.46. The van der Waals surface area contributed by atoms with Crippen molar-refractivity contribution >= 4 is 5.78 Å². The summed E-state index contributed by atoms with van der Waals surface area (Å²) in [5, 5.41) is 3.41. The van der Waals surface area contributed by atoms with E-state index in [0.29, 0.717) is 18.5 Å². The zero-order valence-corrected chi connectivity index (χ0v) is 12.1. The topological polar surface area (TPSA) is 29.1 Å². The predicted molar refractivity (Wildman–Crippen MR) is 79.7 cm³/mol. The lowest BCUT2D eigenvalue weighted by molar-refractivity contribution is 0.0984. The standard InChI is InChI=1S/C17H25NO/c1-13(2)14-8-10-15(11-9-14)17(19)12-18-16-6-4-3-5-7-16/h8-11,13,16,18H,3-7,12H2,1-2H3. The molecule has 0 heterocycles. The van der Waals surface area contributed by atoms with Crippen molar-refractivity contribution in [1.82, 2.24) is 5.32 Å². The third kappa shape index (κ3) is 4.17. The van der Waals surface area contributed by atoms with Gasteiger partial charge >= 0.3 is 0 Å². The molecule has 1 fully saturated rings. The van der Waals surface area contributed by atoms with E-state index in [0.717, 1.165) is 5.56 Å². The van der Waals surface area contributed by atoms with Crippen LogP contribution < -0.4 is 5.32 Å². The van der Waals surface area contributed by atoms with E-state index in [2.05, 4.69) is 31.3 Å². The molecule has 2 nitrogen and oxygen atoms in total. The Morgan fingerprint density at radius 1 is 1.16 bits per heavy atom. The van der Waals surface area contributed by atoms with Gasteiger partial charge in [-0.15, -0.1) is 0 Å². The fourth-order valence-electron chi connectivity index (χ4n) is 2.70. The summed E-state index contributed by atoms with van der Waals surface area (Å²) in [6.45, 7) is 4.81. The Kier molecular flexibility index (Phi) is 5.15. The number of carbonyl (C=O) groups excluding carboxylic acids is 1. The average molecular weight is 259 g/mol. The summed E-state index contributed by atoms with van der Waals surface area (Å²) in [5.41, 5.74) is 2.12. The second kappa shape index (κ2) is 6.85. The van der Waals surface area contributed by atoms with Crippen LogP contribution in [0.1, 0.15) is 67.8 Å². The zero-order chi connectivity index (χ0) is 13.7. The molecule has 1 aliphatic carbocycles. The second-order valence-electron chi connectivity index (χ2n) is 5.92. The highest BCUT2D eigenvalue weighted by molar-refractivity contribution is 5.97. The molecule has 0 aliphatic heterocycles. The lowest BCUT2D eigenvalue weighted by Gasteiger charge is -2.22. The number of rotatable bonds is 5. The number of hydrogen-bond acceptors (Lipinski definition) is 2. The minimum absolute atomic E-state index is 0.209. The Morgan fingerprint density at radius 2 is 1.79 bits per heavy atom. The largest absolute Gasteiger partial charge is 0.307 e. The number of Topliss-reactive ketones (excluding diaryl/α,β-unsaturated/α-hetero) is 1. The van der Waals surface area contributed by atoms with Gasteiger partial charge in [0.2, 0.25) is 0 Å². The maximum Gasteiger partial charge on any atom is 0.176 e. The summed E-state index contributed by atoms with van der Waals surface area (Å²) in [5.74, 6) is 0.727. The van der Waals surface area contributed by atoms with Crippen molar-refractivity contribution in [2.24, 2.45) is 0 Å². The molecule has 0 aromatic heterocycles. The minimum atomic E-state index is 0.209. The van der Waals surface area contributed by atoms with Crippen molar-refractivity contribution in [1.29, 1.82) is 0 Å². The Balaban J connectivity index is 1.85. The van der Waals surface area contributed by atoms with Crippen LogP contribution in [-0.2, 0) is 0 Å². The van der Waals surface area contributed by atoms with Gasteiger partial charge in [-0.3, -0.25) is 4.79 Å². The van der Waals surface area contributed by atoms with Crippen molar-refractivity contribution in [2.75, 3.05) is 6.54 Å². The van der Waals surface area contributed by atoms with Gasteiger partial charge in [0.15, 0.2) is 5.78 Å². The van der Waals surface area contributed by atoms with Crippen LogP contribution in [0.5, 0.6) is 0 Å². The van der Waals surface area contributed by atoms with Crippen LogP contribution in [0.4, 0.5) is 0 Å². The van der Waals surface area contributed by atoms with Crippen molar-refractivity contribution in [3.8, 4) is 0 Å². The SMILES string of the molecule is CC(C)c1ccc(C(=O)CNC2CCCCC2)cc1. The van der Waals surface area contributed by atoms with Gasteiger partial charge in [0.1, 0.15) is 0 Å². The summed E-state index contributed by atoms with van der Waals surface area (Å²) in [7, 11) is 0. The molecule has 0 amide bonds. The first-order valence-electron chi connectivity index (χ1n) is 7.53. The molecule has 0 spiro atoms. The van der Waals surface area contributed by atoms with E-state index in [9.17, 15) is 4.79 Å². The summed E-state index contributed by atoms with van der Waals surface area (Å²) in [4.78, 5) is 12.1. The van der Waals surface area contributed by atoms with Gasteiger partial charge in [-0.1, -0.05) is 57.4 Å². The van der Waals surface area contributed by atoms with E-state index < -0.39 is 0 Å². The van der Waals surface area contributed by atoms with Crippen LogP contribution in [0.2, 0.25) is 0 Å². The van der Waals surface area contributed by atoms with Gasteiger partial charge < -0.3 is 5.32 Å². The second-order valence-corrected chi connectivity index (χ2v) is 5.92. The highest BCUT2D eigenvalue weighted by atomic mass is 16.1. The van der Waals surface area contributed by atoms with Crippen LogP contribution in [0.25, 0.3) is 0 Å². The molecule has 0 radical (unpaired) electrons. The quantitative estimate of drug-likeness (QED) is 0.812. The van der Waals surface area contributed by atoms with Gasteiger partial charge in [0.25, 0.3) is 0 Å². The smallest absolute Gasteiger partial charge is 0.176 e. The van der Waals surface area contributed by atoms with E-state index in [1.54, 1.807) is 0 Å². The summed E-state index contributed by atoms with van der Waals surface area (Å²) in [6, 6.07) is 8.60. The molecule has 0 bridgehead atoms. The van der Waals surface area contributed by atoms with Crippen LogP contribution in [-0.4, -0.2) is 18.4 Å². The summed E-state index contributed by atoms with van der Waals surface area (Å²) in [6.07, 6.45) is 6.39. The molecule has 19 heavy (non-hydrogen) atoms. The van der Waals surface area contributed by atoms with Crippen molar-refractivity contribution in [3.05, 3.63) is 35.4 Å². The van der Waals surface area contributed by atoms with Crippen molar-refractivity contribution in [3.63, 3.8) is 0 Å². The first-order chi connectivity index (χ1) is 9.16. The number of hydrogen-bond donors (Lipinski definition) is 1. The highest BCUT2D eigenvalue weighted by Crippen LogP contribution is 2.18. The maximum absolute atomic E-state index is 12.1. The van der Waals surface area contributed by atoms with E-state index in [-0.39, 0.29) is 5.78 Å². The molecule has 1 aromatic rings. The monoisotopic (exact) mass is 259 g/mol. The molecule has 0 unspecified atom stereocenters. The molecule has 1 aromatic carbocycles. The number of nitrogens with one attached hydrogen (secondary N) is 1. The summed E-state index contributed by atoms with van der Waals surface area (Å²) >= 11 is 0. The Hall–Kier alpha value is -1.15. The van der Waals surface area contributed by atoms with Crippen LogP contribution >= 0.6 is 0 Å². The Labute approximate surface area is 116 Å². The molecule has 0 atom stereocenters. The highest BCUT2D eigenvalue weighted by Gasteiger charge is 2.14. The van der Waals surface area contributed by atoms with Gasteiger partial charge in [-0.25, -0.2) is 0 Å². The molecular weight excluding hydrogens is 234 g/mol. The first kappa shape index (κ1) is 14.3.